The van der Waals surface area contributed by atoms with E-state index in [1.165, 1.54) is 16.2 Å². The van der Waals surface area contributed by atoms with Crippen molar-refractivity contribution in [2.75, 3.05) is 26.2 Å². The molecule has 1 aliphatic rings. The molecule has 1 aliphatic heterocycles. The lowest BCUT2D eigenvalue weighted by molar-refractivity contribution is 0.192. The topological polar surface area (TPSA) is 33.1 Å². The van der Waals surface area contributed by atoms with Gasteiger partial charge >= 0.3 is 0 Å². The van der Waals surface area contributed by atoms with Gasteiger partial charge in [0.2, 0.25) is 0 Å². The van der Waals surface area contributed by atoms with Crippen molar-refractivity contribution in [2.24, 2.45) is 0 Å². The molecule has 1 saturated heterocycles. The summed E-state index contributed by atoms with van der Waals surface area (Å²) in [7, 11) is 0. The second-order valence-electron chi connectivity index (χ2n) is 5.91. The molecule has 0 saturated carbocycles. The molecule has 3 aromatic rings. The van der Waals surface area contributed by atoms with Gasteiger partial charge in [-0.25, -0.2) is 4.98 Å². The quantitative estimate of drug-likeness (QED) is 0.800. The molecule has 0 spiro atoms. The Morgan fingerprint density at radius 3 is 2.74 bits per heavy atom. The van der Waals surface area contributed by atoms with E-state index in [0.717, 1.165) is 38.2 Å². The average Bonchev–Trinajstić information content (AvgIpc) is 3.24. The van der Waals surface area contributed by atoms with Crippen molar-refractivity contribution in [2.45, 2.75) is 19.5 Å². The molecule has 1 atom stereocenters. The Labute approximate surface area is 140 Å². The van der Waals surface area contributed by atoms with E-state index in [-0.39, 0.29) is 6.04 Å². The number of imidazole rings is 1. The smallest absolute Gasteiger partial charge is 0.132 e. The van der Waals surface area contributed by atoms with Gasteiger partial charge in [-0.15, -0.1) is 11.3 Å². The molecule has 1 aromatic carbocycles. The van der Waals surface area contributed by atoms with Gasteiger partial charge in [-0.2, -0.15) is 0 Å². The first-order chi connectivity index (χ1) is 11.4. The third-order valence-corrected chi connectivity index (χ3v) is 5.50. The van der Waals surface area contributed by atoms with Crippen LogP contribution in [0.1, 0.15) is 23.7 Å². The van der Waals surface area contributed by atoms with Crippen LogP contribution in [-0.4, -0.2) is 40.6 Å². The molecule has 1 fully saturated rings. The molecular formula is C18H22N4S. The van der Waals surface area contributed by atoms with Gasteiger partial charge in [0.25, 0.3) is 0 Å². The lowest BCUT2D eigenvalue weighted by Gasteiger charge is -2.34. The lowest BCUT2D eigenvalue weighted by Crippen LogP contribution is -2.45. The van der Waals surface area contributed by atoms with Crippen LogP contribution in [0.25, 0.3) is 11.0 Å². The maximum absolute atomic E-state index is 5.02. The fourth-order valence-electron chi connectivity index (χ4n) is 3.49. The van der Waals surface area contributed by atoms with E-state index in [0.29, 0.717) is 0 Å². The van der Waals surface area contributed by atoms with Crippen LogP contribution >= 0.6 is 11.3 Å². The zero-order valence-electron chi connectivity index (χ0n) is 13.4. The Balaban J connectivity index is 1.85. The Bertz CT molecular complexity index is 772. The van der Waals surface area contributed by atoms with Crippen molar-refractivity contribution >= 4 is 22.4 Å². The van der Waals surface area contributed by atoms with Crippen LogP contribution in [0, 0.1) is 0 Å². The highest BCUT2D eigenvalue weighted by Crippen LogP contribution is 2.33. The third-order valence-electron chi connectivity index (χ3n) is 4.57. The summed E-state index contributed by atoms with van der Waals surface area (Å²) >= 11 is 1.83. The van der Waals surface area contributed by atoms with Crippen molar-refractivity contribution in [1.82, 2.24) is 19.8 Å². The third kappa shape index (κ3) is 2.69. The minimum absolute atomic E-state index is 0.254. The molecule has 4 rings (SSSR count). The molecule has 5 heteroatoms. The SMILES string of the molecule is CCn1c(C(c2cccs2)N2CCNCC2)nc2ccccc21. The summed E-state index contributed by atoms with van der Waals surface area (Å²) in [6, 6.07) is 13.1. The summed E-state index contributed by atoms with van der Waals surface area (Å²) in [5.41, 5.74) is 2.34. The predicted octanol–water partition coefficient (Wildman–Crippen LogP) is 3.11. The summed E-state index contributed by atoms with van der Waals surface area (Å²) in [5, 5.41) is 5.63. The fraction of sp³-hybridized carbons (Fsp3) is 0.389. The molecule has 2 aromatic heterocycles. The maximum atomic E-state index is 5.02. The summed E-state index contributed by atoms with van der Waals surface area (Å²) < 4.78 is 2.38. The number of nitrogens with zero attached hydrogens (tertiary/aromatic N) is 3. The minimum atomic E-state index is 0.254. The first-order valence-corrected chi connectivity index (χ1v) is 9.20. The van der Waals surface area contributed by atoms with E-state index in [4.69, 9.17) is 4.98 Å². The van der Waals surface area contributed by atoms with Crippen LogP contribution in [-0.2, 0) is 6.54 Å². The molecule has 23 heavy (non-hydrogen) atoms. The number of fused-ring (bicyclic) bond motifs is 1. The molecule has 0 radical (unpaired) electrons. The van der Waals surface area contributed by atoms with Crippen molar-refractivity contribution in [3.8, 4) is 0 Å². The van der Waals surface area contributed by atoms with Gasteiger partial charge in [0.1, 0.15) is 11.9 Å². The second-order valence-corrected chi connectivity index (χ2v) is 6.89. The van der Waals surface area contributed by atoms with Gasteiger partial charge in [-0.3, -0.25) is 4.90 Å². The molecule has 120 valence electrons. The molecule has 0 bridgehead atoms. The maximum Gasteiger partial charge on any atom is 0.132 e. The van der Waals surface area contributed by atoms with Crippen molar-refractivity contribution < 1.29 is 0 Å². The number of para-hydroxylation sites is 2. The van der Waals surface area contributed by atoms with E-state index >= 15 is 0 Å². The molecule has 3 heterocycles. The molecule has 0 aliphatic carbocycles. The number of hydrogen-bond donors (Lipinski definition) is 1. The number of benzene rings is 1. The first-order valence-electron chi connectivity index (χ1n) is 8.32. The number of nitrogens with one attached hydrogen (secondary N) is 1. The van der Waals surface area contributed by atoms with Gasteiger partial charge < -0.3 is 9.88 Å². The first kappa shape index (κ1) is 14.9. The highest BCUT2D eigenvalue weighted by atomic mass is 32.1. The number of aromatic nitrogens is 2. The lowest BCUT2D eigenvalue weighted by atomic mass is 10.1. The van der Waals surface area contributed by atoms with Crippen LogP contribution in [0.2, 0.25) is 0 Å². The molecule has 0 amide bonds. The summed E-state index contributed by atoms with van der Waals surface area (Å²) in [6.45, 7) is 7.39. The second kappa shape index (κ2) is 6.43. The highest BCUT2D eigenvalue weighted by molar-refractivity contribution is 7.10. The van der Waals surface area contributed by atoms with Crippen LogP contribution in [0.3, 0.4) is 0 Å². The Kier molecular flexibility index (Phi) is 4.16. The summed E-state index contributed by atoms with van der Waals surface area (Å²) in [4.78, 5) is 8.97. The normalized spacial score (nSPS) is 17.6. The van der Waals surface area contributed by atoms with E-state index in [1.54, 1.807) is 0 Å². The van der Waals surface area contributed by atoms with E-state index < -0.39 is 0 Å². The molecule has 4 nitrogen and oxygen atoms in total. The Hall–Kier alpha value is -1.69. The van der Waals surface area contributed by atoms with Gasteiger partial charge in [0.05, 0.1) is 11.0 Å². The fourth-order valence-corrected chi connectivity index (χ4v) is 4.35. The van der Waals surface area contributed by atoms with Crippen LogP contribution < -0.4 is 5.32 Å². The summed E-state index contributed by atoms with van der Waals surface area (Å²) in [5.74, 6) is 1.18. The van der Waals surface area contributed by atoms with Crippen molar-refractivity contribution in [1.29, 1.82) is 0 Å². The van der Waals surface area contributed by atoms with Crippen LogP contribution in [0.4, 0.5) is 0 Å². The van der Waals surface area contributed by atoms with E-state index in [9.17, 15) is 0 Å². The largest absolute Gasteiger partial charge is 0.327 e. The van der Waals surface area contributed by atoms with Crippen LogP contribution in [0.5, 0.6) is 0 Å². The van der Waals surface area contributed by atoms with Gasteiger partial charge in [-0.05, 0) is 30.5 Å². The van der Waals surface area contributed by atoms with E-state index in [2.05, 4.69) is 63.5 Å². The van der Waals surface area contributed by atoms with Gasteiger partial charge in [-0.1, -0.05) is 18.2 Å². The Morgan fingerprint density at radius 2 is 2.00 bits per heavy atom. The standard InChI is InChI=1S/C18H22N4S/c1-2-22-15-7-4-3-6-14(15)20-18(22)17(16-8-5-13-23-16)21-11-9-19-10-12-21/h3-8,13,17,19H,2,9-12H2,1H3. The summed E-state index contributed by atoms with van der Waals surface area (Å²) in [6.07, 6.45) is 0. The van der Waals surface area contributed by atoms with Crippen molar-refractivity contribution in [3.05, 3.63) is 52.5 Å². The predicted molar refractivity (Wildman–Crippen MR) is 96.0 cm³/mol. The number of rotatable bonds is 4. The minimum Gasteiger partial charge on any atom is -0.327 e. The Morgan fingerprint density at radius 1 is 1.17 bits per heavy atom. The zero-order chi connectivity index (χ0) is 15.6. The van der Waals surface area contributed by atoms with Crippen LogP contribution in [0.15, 0.2) is 41.8 Å². The highest BCUT2D eigenvalue weighted by Gasteiger charge is 2.29. The van der Waals surface area contributed by atoms with Gasteiger partial charge in [0.15, 0.2) is 0 Å². The molecular weight excluding hydrogens is 304 g/mol. The molecule has 1 unspecified atom stereocenters. The number of hydrogen-bond acceptors (Lipinski definition) is 4. The average molecular weight is 326 g/mol. The number of piperazine rings is 1. The number of thiophene rings is 1. The van der Waals surface area contributed by atoms with E-state index in [1.807, 2.05) is 11.3 Å². The number of aryl methyl sites for hydroxylation is 1. The van der Waals surface area contributed by atoms with Crippen molar-refractivity contribution in [3.63, 3.8) is 0 Å². The monoisotopic (exact) mass is 326 g/mol. The zero-order valence-corrected chi connectivity index (χ0v) is 14.2. The van der Waals surface area contributed by atoms with Gasteiger partial charge in [0, 0.05) is 37.6 Å². The molecule has 1 N–H and O–H groups in total.